The van der Waals surface area contributed by atoms with Crippen LogP contribution >= 0.6 is 11.6 Å². The summed E-state index contributed by atoms with van der Waals surface area (Å²) in [4.78, 5) is 0. The Morgan fingerprint density at radius 1 is 1.39 bits per heavy atom. The van der Waals surface area contributed by atoms with Crippen LogP contribution in [-0.4, -0.2) is 9.78 Å². The van der Waals surface area contributed by atoms with E-state index < -0.39 is 0 Å². The Bertz CT molecular complexity index is 546. The zero-order chi connectivity index (χ0) is 13.1. The van der Waals surface area contributed by atoms with Crippen molar-refractivity contribution in [3.05, 3.63) is 46.2 Å². The van der Waals surface area contributed by atoms with Gasteiger partial charge in [-0.3, -0.25) is 4.68 Å². The van der Waals surface area contributed by atoms with Gasteiger partial charge in [0.25, 0.3) is 0 Å². The number of benzene rings is 1. The lowest BCUT2D eigenvalue weighted by Crippen LogP contribution is -2.02. The highest BCUT2D eigenvalue weighted by Crippen LogP contribution is 2.21. The van der Waals surface area contributed by atoms with Gasteiger partial charge in [0.05, 0.1) is 5.69 Å². The molecule has 4 heteroatoms. The summed E-state index contributed by atoms with van der Waals surface area (Å²) < 4.78 is 1.86. The SMILES string of the molecule is CCc1nn(C)cc1CNc1cc(Cl)ccc1C. The fourth-order valence-electron chi connectivity index (χ4n) is 2.00. The first-order valence-electron chi connectivity index (χ1n) is 6.11. The Kier molecular flexibility index (Phi) is 3.92. The number of hydrogen-bond donors (Lipinski definition) is 1. The Morgan fingerprint density at radius 2 is 2.17 bits per heavy atom. The van der Waals surface area contributed by atoms with Crippen molar-refractivity contribution in [2.24, 2.45) is 7.05 Å². The quantitative estimate of drug-likeness (QED) is 0.914. The number of anilines is 1. The standard InChI is InChI=1S/C14H18ClN3/c1-4-13-11(9-18(3)17-13)8-16-14-7-12(15)6-5-10(14)2/h5-7,9,16H,4,8H2,1-3H3. The van der Waals surface area contributed by atoms with Crippen molar-refractivity contribution in [2.45, 2.75) is 26.8 Å². The molecule has 1 aromatic heterocycles. The molecule has 0 unspecified atom stereocenters. The Morgan fingerprint density at radius 3 is 2.89 bits per heavy atom. The van der Waals surface area contributed by atoms with Gasteiger partial charge in [-0.2, -0.15) is 5.10 Å². The highest BCUT2D eigenvalue weighted by Gasteiger charge is 2.06. The van der Waals surface area contributed by atoms with Gasteiger partial charge in [-0.05, 0) is 31.0 Å². The van der Waals surface area contributed by atoms with Gasteiger partial charge in [0.1, 0.15) is 0 Å². The van der Waals surface area contributed by atoms with Crippen LogP contribution in [0, 0.1) is 6.92 Å². The zero-order valence-corrected chi connectivity index (χ0v) is 11.8. The number of nitrogens with zero attached hydrogens (tertiary/aromatic N) is 2. The lowest BCUT2D eigenvalue weighted by Gasteiger charge is -2.09. The van der Waals surface area contributed by atoms with Gasteiger partial charge < -0.3 is 5.32 Å². The van der Waals surface area contributed by atoms with E-state index in [1.54, 1.807) is 0 Å². The fourth-order valence-corrected chi connectivity index (χ4v) is 2.18. The summed E-state index contributed by atoms with van der Waals surface area (Å²) in [6.45, 7) is 4.97. The lowest BCUT2D eigenvalue weighted by atomic mass is 10.1. The first-order chi connectivity index (χ1) is 8.60. The topological polar surface area (TPSA) is 29.9 Å². The normalized spacial score (nSPS) is 10.7. The summed E-state index contributed by atoms with van der Waals surface area (Å²) in [5.41, 5.74) is 4.65. The average molecular weight is 264 g/mol. The van der Waals surface area contributed by atoms with Crippen LogP contribution in [0.4, 0.5) is 5.69 Å². The van der Waals surface area contributed by atoms with Crippen LogP contribution in [0.1, 0.15) is 23.7 Å². The molecule has 0 spiro atoms. The van der Waals surface area contributed by atoms with Crippen molar-refractivity contribution in [1.82, 2.24) is 9.78 Å². The third kappa shape index (κ3) is 2.85. The molecule has 0 saturated carbocycles. The number of aryl methyl sites for hydroxylation is 3. The van der Waals surface area contributed by atoms with Crippen LogP contribution in [0.15, 0.2) is 24.4 Å². The monoisotopic (exact) mass is 263 g/mol. The molecule has 0 radical (unpaired) electrons. The van der Waals surface area contributed by atoms with E-state index in [9.17, 15) is 0 Å². The van der Waals surface area contributed by atoms with Gasteiger partial charge in [0.15, 0.2) is 0 Å². The molecule has 0 amide bonds. The molecule has 1 N–H and O–H groups in total. The molecule has 2 aromatic rings. The highest BCUT2D eigenvalue weighted by atomic mass is 35.5. The number of rotatable bonds is 4. The van der Waals surface area contributed by atoms with Crippen molar-refractivity contribution < 1.29 is 0 Å². The van der Waals surface area contributed by atoms with Crippen LogP contribution in [0.3, 0.4) is 0 Å². The average Bonchev–Trinajstić information content (AvgIpc) is 2.71. The van der Waals surface area contributed by atoms with E-state index in [2.05, 4.69) is 30.5 Å². The van der Waals surface area contributed by atoms with Crippen molar-refractivity contribution >= 4 is 17.3 Å². The molecule has 1 heterocycles. The van der Waals surface area contributed by atoms with Crippen molar-refractivity contribution in [3.63, 3.8) is 0 Å². The van der Waals surface area contributed by atoms with Crippen molar-refractivity contribution in [3.8, 4) is 0 Å². The number of aromatic nitrogens is 2. The summed E-state index contributed by atoms with van der Waals surface area (Å²) in [5, 5.41) is 8.61. The largest absolute Gasteiger partial charge is 0.381 e. The van der Waals surface area contributed by atoms with Crippen LogP contribution in [0.5, 0.6) is 0 Å². The first-order valence-corrected chi connectivity index (χ1v) is 6.49. The van der Waals surface area contributed by atoms with Gasteiger partial charge in [-0.25, -0.2) is 0 Å². The molecule has 0 bridgehead atoms. The molecule has 0 fully saturated rings. The number of nitrogens with one attached hydrogen (secondary N) is 1. The second kappa shape index (κ2) is 5.44. The van der Waals surface area contributed by atoms with E-state index in [1.807, 2.05) is 29.9 Å². The van der Waals surface area contributed by atoms with Gasteiger partial charge in [0, 0.05) is 36.1 Å². The predicted molar refractivity (Wildman–Crippen MR) is 76.1 cm³/mol. The summed E-state index contributed by atoms with van der Waals surface area (Å²) in [6.07, 6.45) is 3.01. The van der Waals surface area contributed by atoms with E-state index in [0.29, 0.717) is 0 Å². The van der Waals surface area contributed by atoms with Crippen LogP contribution < -0.4 is 5.32 Å². The van der Waals surface area contributed by atoms with Crippen molar-refractivity contribution in [2.75, 3.05) is 5.32 Å². The summed E-state index contributed by atoms with van der Waals surface area (Å²) in [5.74, 6) is 0. The number of hydrogen-bond acceptors (Lipinski definition) is 2. The van der Waals surface area contributed by atoms with Gasteiger partial charge in [0.2, 0.25) is 0 Å². The molecule has 3 nitrogen and oxygen atoms in total. The van der Waals surface area contributed by atoms with Crippen LogP contribution in [0.25, 0.3) is 0 Å². The Labute approximate surface area is 113 Å². The molecule has 0 aliphatic carbocycles. The van der Waals surface area contributed by atoms with Gasteiger partial charge in [-0.1, -0.05) is 24.6 Å². The summed E-state index contributed by atoms with van der Waals surface area (Å²) in [7, 11) is 1.95. The van der Waals surface area contributed by atoms with E-state index in [4.69, 9.17) is 11.6 Å². The molecule has 1 aromatic carbocycles. The molecule has 2 rings (SSSR count). The molecule has 0 aliphatic heterocycles. The molecular formula is C14H18ClN3. The first kappa shape index (κ1) is 13.0. The maximum atomic E-state index is 6.00. The fraction of sp³-hybridized carbons (Fsp3) is 0.357. The van der Waals surface area contributed by atoms with E-state index in [-0.39, 0.29) is 0 Å². The van der Waals surface area contributed by atoms with Gasteiger partial charge in [-0.15, -0.1) is 0 Å². The predicted octanol–water partition coefficient (Wildman–Crippen LogP) is 3.56. The molecular weight excluding hydrogens is 246 g/mol. The summed E-state index contributed by atoms with van der Waals surface area (Å²) in [6, 6.07) is 5.89. The molecule has 96 valence electrons. The lowest BCUT2D eigenvalue weighted by molar-refractivity contribution is 0.746. The minimum atomic E-state index is 0.755. The Hall–Kier alpha value is -1.48. The zero-order valence-electron chi connectivity index (χ0n) is 11.0. The Balaban J connectivity index is 2.13. The van der Waals surface area contributed by atoms with E-state index in [1.165, 1.54) is 11.1 Å². The molecule has 0 saturated heterocycles. The molecule has 0 atom stereocenters. The molecule has 18 heavy (non-hydrogen) atoms. The third-order valence-corrected chi connectivity index (χ3v) is 3.23. The molecule has 0 aliphatic rings. The smallest absolute Gasteiger partial charge is 0.0671 e. The number of halogens is 1. The van der Waals surface area contributed by atoms with E-state index in [0.717, 1.165) is 29.4 Å². The second-order valence-corrected chi connectivity index (χ2v) is 4.88. The van der Waals surface area contributed by atoms with Crippen molar-refractivity contribution in [1.29, 1.82) is 0 Å². The minimum absolute atomic E-state index is 0.755. The third-order valence-electron chi connectivity index (χ3n) is 3.00. The van der Waals surface area contributed by atoms with Crippen LogP contribution in [-0.2, 0) is 20.0 Å². The maximum absolute atomic E-state index is 6.00. The summed E-state index contributed by atoms with van der Waals surface area (Å²) >= 11 is 6.00. The second-order valence-electron chi connectivity index (χ2n) is 4.44. The maximum Gasteiger partial charge on any atom is 0.0671 e. The van der Waals surface area contributed by atoms with Gasteiger partial charge >= 0.3 is 0 Å². The van der Waals surface area contributed by atoms with E-state index >= 15 is 0 Å². The minimum Gasteiger partial charge on any atom is -0.381 e. The van der Waals surface area contributed by atoms with Crippen LogP contribution in [0.2, 0.25) is 5.02 Å². The highest BCUT2D eigenvalue weighted by molar-refractivity contribution is 6.30.